The molecule has 0 fully saturated rings. The van der Waals surface area contributed by atoms with Crippen LogP contribution < -0.4 is 0 Å². The van der Waals surface area contributed by atoms with Gasteiger partial charge in [-0.05, 0) is 60.7 Å². The number of aromatic nitrogens is 8. The van der Waals surface area contributed by atoms with Gasteiger partial charge in [-0.15, -0.1) is 20.4 Å². The molecule has 0 atom stereocenters. The molecule has 5 aromatic carbocycles. The van der Waals surface area contributed by atoms with Gasteiger partial charge in [-0.2, -0.15) is 33.7 Å². The van der Waals surface area contributed by atoms with Crippen LogP contribution in [0.1, 0.15) is 0 Å². The van der Waals surface area contributed by atoms with E-state index >= 15 is 0 Å². The van der Waals surface area contributed by atoms with E-state index in [9.17, 15) is 51.9 Å². The molecule has 9 aromatic rings. The summed E-state index contributed by atoms with van der Waals surface area (Å²) in [6, 6.07) is 30.9. The third-order valence-corrected chi connectivity index (χ3v) is 13.5. The Morgan fingerprint density at radius 3 is 0.818 bits per heavy atom. The van der Waals surface area contributed by atoms with Crippen LogP contribution >= 0.6 is 0 Å². The molecule has 0 unspecified atom stereocenters. The first kappa shape index (κ1) is 43.8. The Morgan fingerprint density at radius 2 is 0.545 bits per heavy atom. The SMILES string of the molecule is O=S(=O)(O)c1ccc(-c2nnc(-c3ccc4ccc5ccc(-c6nnc(-c7ccc(S(=O)(=O)O)cc7)c(-c7ccc(S(=O)(=O)O)cc7)n6)nc5c4n3)nc2-c2ccc(S(=O)(=O)O)cc2)cc1. The van der Waals surface area contributed by atoms with Gasteiger partial charge in [0, 0.05) is 33.0 Å². The molecule has 330 valence electrons. The van der Waals surface area contributed by atoms with Crippen molar-refractivity contribution in [3.05, 3.63) is 133 Å². The molecular formula is C42H26N8O12S4. The lowest BCUT2D eigenvalue weighted by atomic mass is 10.0. The van der Waals surface area contributed by atoms with Crippen molar-refractivity contribution in [2.75, 3.05) is 0 Å². The van der Waals surface area contributed by atoms with Crippen molar-refractivity contribution in [2.45, 2.75) is 19.6 Å². The molecule has 24 heteroatoms. The fourth-order valence-corrected chi connectivity index (χ4v) is 8.74. The molecule has 4 N–H and O–H groups in total. The highest BCUT2D eigenvalue weighted by molar-refractivity contribution is 7.86. The summed E-state index contributed by atoms with van der Waals surface area (Å²) < 4.78 is 132. The fourth-order valence-electron chi connectivity index (χ4n) is 6.82. The van der Waals surface area contributed by atoms with E-state index in [2.05, 4.69) is 20.4 Å². The topological polar surface area (TPSA) is 321 Å². The molecule has 0 aliphatic rings. The van der Waals surface area contributed by atoms with Gasteiger partial charge in [0.25, 0.3) is 40.5 Å². The van der Waals surface area contributed by atoms with Crippen LogP contribution in [0.15, 0.2) is 153 Å². The molecule has 4 aromatic heterocycles. The predicted octanol–water partition coefficient (Wildman–Crippen LogP) is 6.14. The molecule has 0 aliphatic heterocycles. The van der Waals surface area contributed by atoms with Crippen molar-refractivity contribution in [2.24, 2.45) is 0 Å². The number of pyridine rings is 2. The second-order valence-corrected chi connectivity index (χ2v) is 20.0. The number of benzene rings is 5. The van der Waals surface area contributed by atoms with Crippen LogP contribution in [0.25, 0.3) is 89.9 Å². The molecule has 0 radical (unpaired) electrons. The van der Waals surface area contributed by atoms with Crippen LogP contribution in [0.4, 0.5) is 0 Å². The number of hydrogen-bond acceptors (Lipinski definition) is 16. The summed E-state index contributed by atoms with van der Waals surface area (Å²) in [6.07, 6.45) is 0. The van der Waals surface area contributed by atoms with E-state index in [1.54, 1.807) is 24.3 Å². The Balaban J connectivity index is 1.16. The maximum atomic E-state index is 11.8. The van der Waals surface area contributed by atoms with Gasteiger partial charge in [-0.3, -0.25) is 18.2 Å². The number of fused-ring (bicyclic) bond motifs is 3. The lowest BCUT2D eigenvalue weighted by Gasteiger charge is -2.12. The van der Waals surface area contributed by atoms with Crippen LogP contribution in [-0.2, 0) is 40.5 Å². The summed E-state index contributed by atoms with van der Waals surface area (Å²) in [5, 5.41) is 18.8. The van der Waals surface area contributed by atoms with Crippen molar-refractivity contribution < 1.29 is 51.9 Å². The molecule has 0 saturated carbocycles. The first-order valence-electron chi connectivity index (χ1n) is 18.7. The normalized spacial score (nSPS) is 12.4. The summed E-state index contributed by atoms with van der Waals surface area (Å²) in [4.78, 5) is 17.8. The maximum absolute atomic E-state index is 11.8. The summed E-state index contributed by atoms with van der Waals surface area (Å²) in [5.41, 5.74) is 3.27. The summed E-state index contributed by atoms with van der Waals surface area (Å²) in [7, 11) is -18.1. The first-order valence-corrected chi connectivity index (χ1v) is 24.5. The standard InChI is InChI=1S/C42H26N8O12S4/c51-63(52,53)29-13-3-25(4-14-29)37-39(27-7-17-31(18-8-27)65(57,58)59)47-49-41(45-37)33-21-11-23-1-2-24-12-22-34(44-36(24)35(23)43-33)42-46-38(26-5-15-30(16-6-26)64(54,55)56)40(48-50-42)28-9-19-32(20-10-28)66(60,61)62/h1-22H,(H,51,52,53)(H,54,55,56)(H,57,58,59)(H,60,61,62). The van der Waals surface area contributed by atoms with Gasteiger partial charge in [0.2, 0.25) is 11.6 Å². The van der Waals surface area contributed by atoms with Crippen molar-refractivity contribution in [1.82, 2.24) is 40.3 Å². The zero-order valence-electron chi connectivity index (χ0n) is 33.0. The third-order valence-electron chi connectivity index (χ3n) is 10.1. The molecular weight excluding hydrogens is 937 g/mol. The van der Waals surface area contributed by atoms with E-state index < -0.39 is 40.5 Å². The lowest BCUT2D eigenvalue weighted by molar-refractivity contribution is 0.481. The molecule has 0 bridgehead atoms. The van der Waals surface area contributed by atoms with E-state index in [0.29, 0.717) is 44.1 Å². The Kier molecular flexibility index (Phi) is 10.8. The van der Waals surface area contributed by atoms with Crippen LogP contribution in [0.2, 0.25) is 0 Å². The summed E-state index contributed by atoms with van der Waals surface area (Å²) in [6.45, 7) is 0. The second-order valence-electron chi connectivity index (χ2n) is 14.3. The fraction of sp³-hybridized carbons (Fsp3) is 0. The molecule has 9 rings (SSSR count). The van der Waals surface area contributed by atoms with Crippen molar-refractivity contribution in [3.63, 3.8) is 0 Å². The second kappa shape index (κ2) is 16.2. The molecule has 20 nitrogen and oxygen atoms in total. The van der Waals surface area contributed by atoms with Crippen molar-refractivity contribution in [3.8, 4) is 68.1 Å². The highest BCUT2D eigenvalue weighted by Crippen LogP contribution is 2.35. The zero-order valence-corrected chi connectivity index (χ0v) is 36.2. The Hall–Kier alpha value is -7.42. The molecule has 66 heavy (non-hydrogen) atoms. The van der Waals surface area contributed by atoms with Crippen molar-refractivity contribution in [1.29, 1.82) is 0 Å². The van der Waals surface area contributed by atoms with E-state index in [-0.39, 0.29) is 65.4 Å². The van der Waals surface area contributed by atoms with Gasteiger partial charge in [-0.1, -0.05) is 72.8 Å². The molecule has 0 spiro atoms. The van der Waals surface area contributed by atoms with Crippen LogP contribution in [0, 0.1) is 0 Å². The highest BCUT2D eigenvalue weighted by atomic mass is 32.2. The lowest BCUT2D eigenvalue weighted by Crippen LogP contribution is -2.03. The van der Waals surface area contributed by atoms with Gasteiger partial charge in [0.05, 0.1) is 30.6 Å². The van der Waals surface area contributed by atoms with E-state index in [1.807, 2.05) is 12.1 Å². The average Bonchev–Trinajstić information content (AvgIpc) is 3.30. The van der Waals surface area contributed by atoms with Crippen molar-refractivity contribution >= 4 is 62.3 Å². The minimum absolute atomic E-state index is 0.0228. The molecule has 0 amide bonds. The molecule has 0 aliphatic carbocycles. The predicted molar refractivity (Wildman–Crippen MR) is 236 cm³/mol. The zero-order chi connectivity index (χ0) is 46.8. The quantitative estimate of drug-likeness (QED) is 0.0883. The average molecular weight is 963 g/mol. The van der Waals surface area contributed by atoms with E-state index in [0.717, 1.165) is 24.3 Å². The van der Waals surface area contributed by atoms with Gasteiger partial charge in [0.1, 0.15) is 34.2 Å². The van der Waals surface area contributed by atoms with E-state index in [4.69, 9.17) is 19.9 Å². The van der Waals surface area contributed by atoms with Crippen LogP contribution in [0.5, 0.6) is 0 Å². The molecule has 4 heterocycles. The Bertz CT molecular complexity index is 3650. The third kappa shape index (κ3) is 8.72. The van der Waals surface area contributed by atoms with Gasteiger partial charge >= 0.3 is 0 Å². The maximum Gasteiger partial charge on any atom is 0.294 e. The van der Waals surface area contributed by atoms with Crippen LogP contribution in [0.3, 0.4) is 0 Å². The minimum atomic E-state index is -4.54. The van der Waals surface area contributed by atoms with Gasteiger partial charge in [-0.25, -0.2) is 19.9 Å². The smallest absolute Gasteiger partial charge is 0.282 e. The van der Waals surface area contributed by atoms with Crippen LogP contribution in [-0.4, -0.2) is 92.2 Å². The monoisotopic (exact) mass is 962 g/mol. The minimum Gasteiger partial charge on any atom is -0.282 e. The Morgan fingerprint density at radius 1 is 0.288 bits per heavy atom. The van der Waals surface area contributed by atoms with Gasteiger partial charge < -0.3 is 0 Å². The van der Waals surface area contributed by atoms with Gasteiger partial charge in [0.15, 0.2) is 0 Å². The number of rotatable bonds is 10. The Labute approximate surface area is 373 Å². The summed E-state index contributed by atoms with van der Waals surface area (Å²) in [5.74, 6) is 0.0456. The largest absolute Gasteiger partial charge is 0.294 e. The van der Waals surface area contributed by atoms with E-state index in [1.165, 1.54) is 72.8 Å². The first-order chi connectivity index (χ1) is 31.2. The highest BCUT2D eigenvalue weighted by Gasteiger charge is 2.21. The number of nitrogens with zero attached hydrogens (tertiary/aromatic N) is 8. The molecule has 0 saturated heterocycles. The number of hydrogen-bond donors (Lipinski definition) is 4. The summed E-state index contributed by atoms with van der Waals surface area (Å²) >= 11 is 0.